The SMILES string of the molecule is COCc1cc(C(=O)N[C@@H]2CCCC[C@@H]2Oc2ccccc2)no1. The highest BCUT2D eigenvalue weighted by molar-refractivity contribution is 5.92. The van der Waals surface area contributed by atoms with Crippen LogP contribution in [0.25, 0.3) is 0 Å². The van der Waals surface area contributed by atoms with E-state index in [9.17, 15) is 4.79 Å². The molecular weight excluding hydrogens is 308 g/mol. The van der Waals surface area contributed by atoms with Gasteiger partial charge in [-0.2, -0.15) is 0 Å². The summed E-state index contributed by atoms with van der Waals surface area (Å²) in [4.78, 5) is 12.4. The third kappa shape index (κ3) is 4.14. The molecule has 1 saturated carbocycles. The van der Waals surface area contributed by atoms with Crippen molar-refractivity contribution in [1.82, 2.24) is 10.5 Å². The zero-order chi connectivity index (χ0) is 16.8. The maximum Gasteiger partial charge on any atom is 0.273 e. The molecule has 6 nitrogen and oxygen atoms in total. The molecule has 1 fully saturated rings. The van der Waals surface area contributed by atoms with Crippen LogP contribution in [0.15, 0.2) is 40.9 Å². The first-order valence-electron chi connectivity index (χ1n) is 8.23. The van der Waals surface area contributed by atoms with E-state index in [1.807, 2.05) is 30.3 Å². The summed E-state index contributed by atoms with van der Waals surface area (Å²) < 4.78 is 16.1. The fourth-order valence-corrected chi connectivity index (χ4v) is 2.95. The van der Waals surface area contributed by atoms with Crippen LogP contribution < -0.4 is 10.1 Å². The molecule has 24 heavy (non-hydrogen) atoms. The van der Waals surface area contributed by atoms with Crippen LogP contribution in [0.3, 0.4) is 0 Å². The molecule has 1 N–H and O–H groups in total. The molecule has 1 aliphatic rings. The van der Waals surface area contributed by atoms with Gasteiger partial charge < -0.3 is 19.3 Å². The van der Waals surface area contributed by atoms with Gasteiger partial charge in [-0.25, -0.2) is 0 Å². The van der Waals surface area contributed by atoms with E-state index in [1.165, 1.54) is 0 Å². The molecule has 0 radical (unpaired) electrons. The topological polar surface area (TPSA) is 73.6 Å². The van der Waals surface area contributed by atoms with Gasteiger partial charge in [0.25, 0.3) is 5.91 Å². The van der Waals surface area contributed by atoms with Crippen molar-refractivity contribution >= 4 is 5.91 Å². The van der Waals surface area contributed by atoms with Crippen molar-refractivity contribution in [3.8, 4) is 5.75 Å². The van der Waals surface area contributed by atoms with Gasteiger partial charge in [0.05, 0.1) is 6.04 Å². The minimum absolute atomic E-state index is 0.0320. The van der Waals surface area contributed by atoms with E-state index in [1.54, 1.807) is 13.2 Å². The van der Waals surface area contributed by atoms with Crippen molar-refractivity contribution in [3.05, 3.63) is 47.9 Å². The summed E-state index contributed by atoms with van der Waals surface area (Å²) in [6.45, 7) is 0.295. The summed E-state index contributed by atoms with van der Waals surface area (Å²) in [7, 11) is 1.57. The molecule has 0 aliphatic heterocycles. The maximum absolute atomic E-state index is 12.4. The summed E-state index contributed by atoms with van der Waals surface area (Å²) in [6.07, 6.45) is 3.97. The molecule has 6 heteroatoms. The highest BCUT2D eigenvalue weighted by atomic mass is 16.5. The Morgan fingerprint density at radius 1 is 1.29 bits per heavy atom. The molecule has 1 amide bonds. The van der Waals surface area contributed by atoms with Gasteiger partial charge in [-0.1, -0.05) is 29.8 Å². The summed E-state index contributed by atoms with van der Waals surface area (Å²) in [5.74, 6) is 1.12. The molecular formula is C18H22N2O4. The van der Waals surface area contributed by atoms with Crippen LogP contribution >= 0.6 is 0 Å². The van der Waals surface area contributed by atoms with E-state index in [0.29, 0.717) is 12.4 Å². The van der Waals surface area contributed by atoms with Crippen molar-refractivity contribution in [2.24, 2.45) is 0 Å². The van der Waals surface area contributed by atoms with Gasteiger partial charge in [0.1, 0.15) is 18.5 Å². The second kappa shape index (κ2) is 7.97. The Hall–Kier alpha value is -2.34. The molecule has 0 bridgehead atoms. The van der Waals surface area contributed by atoms with E-state index in [4.69, 9.17) is 14.0 Å². The first-order valence-corrected chi connectivity index (χ1v) is 8.23. The van der Waals surface area contributed by atoms with Crippen molar-refractivity contribution < 1.29 is 18.8 Å². The number of amides is 1. The molecule has 3 rings (SSSR count). The second-order valence-electron chi connectivity index (χ2n) is 5.95. The maximum atomic E-state index is 12.4. The molecule has 0 spiro atoms. The Balaban J connectivity index is 1.63. The molecule has 1 aromatic heterocycles. The van der Waals surface area contributed by atoms with E-state index in [-0.39, 0.29) is 23.7 Å². The Kier molecular flexibility index (Phi) is 5.48. The average Bonchev–Trinajstić information content (AvgIpc) is 3.07. The normalized spacial score (nSPS) is 20.5. The van der Waals surface area contributed by atoms with Crippen molar-refractivity contribution in [2.45, 2.75) is 44.4 Å². The zero-order valence-electron chi connectivity index (χ0n) is 13.7. The quantitative estimate of drug-likeness (QED) is 0.881. The smallest absolute Gasteiger partial charge is 0.273 e. The number of para-hydroxylation sites is 1. The van der Waals surface area contributed by atoms with Crippen molar-refractivity contribution in [1.29, 1.82) is 0 Å². The van der Waals surface area contributed by atoms with Crippen LogP contribution in [0.4, 0.5) is 0 Å². The summed E-state index contributed by atoms with van der Waals surface area (Å²) in [5, 5.41) is 6.84. The van der Waals surface area contributed by atoms with Crippen LogP contribution in [0.2, 0.25) is 0 Å². The Morgan fingerprint density at radius 2 is 2.08 bits per heavy atom. The van der Waals surface area contributed by atoms with Crippen LogP contribution in [-0.2, 0) is 11.3 Å². The van der Waals surface area contributed by atoms with E-state index in [0.717, 1.165) is 31.4 Å². The lowest BCUT2D eigenvalue weighted by Gasteiger charge is -2.32. The van der Waals surface area contributed by atoms with Crippen LogP contribution in [0, 0.1) is 0 Å². The summed E-state index contributed by atoms with van der Waals surface area (Å²) in [6, 6.07) is 11.3. The number of carbonyl (C=O) groups is 1. The number of ether oxygens (including phenoxy) is 2. The molecule has 1 aromatic carbocycles. The number of rotatable bonds is 6. The lowest BCUT2D eigenvalue weighted by Crippen LogP contribution is -2.47. The minimum Gasteiger partial charge on any atom is -0.488 e. The molecule has 2 atom stereocenters. The van der Waals surface area contributed by atoms with E-state index < -0.39 is 0 Å². The Morgan fingerprint density at radius 3 is 2.88 bits per heavy atom. The largest absolute Gasteiger partial charge is 0.488 e. The number of methoxy groups -OCH3 is 1. The van der Waals surface area contributed by atoms with Gasteiger partial charge in [-0.15, -0.1) is 0 Å². The molecule has 1 heterocycles. The molecule has 2 aromatic rings. The highest BCUT2D eigenvalue weighted by Gasteiger charge is 2.29. The average molecular weight is 330 g/mol. The predicted octanol–water partition coefficient (Wildman–Crippen LogP) is 2.94. The third-order valence-electron chi connectivity index (χ3n) is 4.13. The van der Waals surface area contributed by atoms with Crippen molar-refractivity contribution in [2.75, 3.05) is 7.11 Å². The van der Waals surface area contributed by atoms with Gasteiger partial charge in [0.2, 0.25) is 0 Å². The van der Waals surface area contributed by atoms with E-state index in [2.05, 4.69) is 10.5 Å². The number of hydrogen-bond acceptors (Lipinski definition) is 5. The number of carbonyl (C=O) groups excluding carboxylic acids is 1. The Labute approximate surface area is 141 Å². The van der Waals surface area contributed by atoms with Gasteiger partial charge in [0, 0.05) is 13.2 Å². The fourth-order valence-electron chi connectivity index (χ4n) is 2.95. The van der Waals surface area contributed by atoms with Gasteiger partial charge >= 0.3 is 0 Å². The van der Waals surface area contributed by atoms with Gasteiger partial charge in [-0.05, 0) is 31.4 Å². The van der Waals surface area contributed by atoms with Crippen LogP contribution in [0.5, 0.6) is 5.75 Å². The first-order chi connectivity index (χ1) is 11.8. The number of nitrogens with zero attached hydrogens (tertiary/aromatic N) is 1. The van der Waals surface area contributed by atoms with Crippen molar-refractivity contribution in [3.63, 3.8) is 0 Å². The van der Waals surface area contributed by atoms with Crippen LogP contribution in [-0.4, -0.2) is 30.3 Å². The Bertz CT molecular complexity index is 656. The molecule has 0 saturated heterocycles. The third-order valence-corrected chi connectivity index (χ3v) is 4.13. The fraction of sp³-hybridized carbons (Fsp3) is 0.444. The standard InChI is InChI=1S/C18H22N2O4/c1-22-12-14-11-16(20-24-14)18(21)19-15-9-5-6-10-17(15)23-13-7-3-2-4-8-13/h2-4,7-8,11,15,17H,5-6,9-10,12H2,1H3,(H,19,21)/t15-,17+/m1/s1. The minimum atomic E-state index is -0.241. The lowest BCUT2D eigenvalue weighted by molar-refractivity contribution is 0.0789. The first kappa shape index (κ1) is 16.5. The number of benzene rings is 1. The number of aromatic nitrogens is 1. The van der Waals surface area contributed by atoms with Gasteiger partial charge in [0.15, 0.2) is 11.5 Å². The highest BCUT2D eigenvalue weighted by Crippen LogP contribution is 2.24. The van der Waals surface area contributed by atoms with Gasteiger partial charge in [-0.3, -0.25) is 4.79 Å². The number of nitrogens with one attached hydrogen (secondary N) is 1. The predicted molar refractivity (Wildman–Crippen MR) is 87.8 cm³/mol. The monoisotopic (exact) mass is 330 g/mol. The summed E-state index contributed by atoms with van der Waals surface area (Å²) >= 11 is 0. The lowest BCUT2D eigenvalue weighted by atomic mass is 9.92. The molecule has 128 valence electrons. The van der Waals surface area contributed by atoms with E-state index >= 15 is 0 Å². The zero-order valence-corrected chi connectivity index (χ0v) is 13.7. The second-order valence-corrected chi connectivity index (χ2v) is 5.95. The molecule has 1 aliphatic carbocycles. The number of hydrogen-bond donors (Lipinski definition) is 1. The van der Waals surface area contributed by atoms with Crippen LogP contribution in [0.1, 0.15) is 41.9 Å². The molecule has 0 unspecified atom stereocenters. The summed E-state index contributed by atoms with van der Waals surface area (Å²) in [5.41, 5.74) is 0.270.